The van der Waals surface area contributed by atoms with Gasteiger partial charge < -0.3 is 4.90 Å². The van der Waals surface area contributed by atoms with E-state index in [0.717, 1.165) is 27.0 Å². The van der Waals surface area contributed by atoms with Crippen LogP contribution in [0.2, 0.25) is 0 Å². The average molecular weight is 343 g/mol. The maximum absolute atomic E-state index is 12.3. The Labute approximate surface area is 143 Å². The standard InChI is InChI=1S/C17H17N3OS2/c1-12-18-14(10-22-12)8-16(21)20(2)9-15-11-23-17(19-15)13-6-4-3-5-7-13/h3-7,10-11H,8-9H2,1-2H3. The maximum atomic E-state index is 12.3. The molecule has 0 aliphatic rings. The summed E-state index contributed by atoms with van der Waals surface area (Å²) in [6.45, 7) is 2.47. The lowest BCUT2D eigenvalue weighted by Gasteiger charge is -2.15. The highest BCUT2D eigenvalue weighted by atomic mass is 32.1. The molecule has 23 heavy (non-hydrogen) atoms. The van der Waals surface area contributed by atoms with Crippen molar-refractivity contribution in [3.8, 4) is 10.6 Å². The van der Waals surface area contributed by atoms with Gasteiger partial charge in [0.2, 0.25) is 5.91 Å². The molecule has 3 aromatic rings. The molecule has 0 unspecified atom stereocenters. The summed E-state index contributed by atoms with van der Waals surface area (Å²) >= 11 is 3.17. The van der Waals surface area contributed by atoms with Crippen LogP contribution >= 0.6 is 22.7 Å². The summed E-state index contributed by atoms with van der Waals surface area (Å²) in [5.41, 5.74) is 2.86. The first-order chi connectivity index (χ1) is 11.1. The number of aryl methyl sites for hydroxylation is 1. The first-order valence-corrected chi connectivity index (χ1v) is 9.02. The fourth-order valence-electron chi connectivity index (χ4n) is 2.20. The number of hydrogen-bond donors (Lipinski definition) is 0. The Morgan fingerprint density at radius 3 is 2.52 bits per heavy atom. The van der Waals surface area contributed by atoms with E-state index in [1.807, 2.05) is 55.1 Å². The topological polar surface area (TPSA) is 46.1 Å². The van der Waals surface area contributed by atoms with Gasteiger partial charge >= 0.3 is 0 Å². The van der Waals surface area contributed by atoms with E-state index in [0.29, 0.717) is 13.0 Å². The summed E-state index contributed by atoms with van der Waals surface area (Å²) in [5, 5.41) is 5.93. The van der Waals surface area contributed by atoms with Crippen LogP contribution in [0.15, 0.2) is 41.1 Å². The van der Waals surface area contributed by atoms with Gasteiger partial charge in [-0.15, -0.1) is 22.7 Å². The van der Waals surface area contributed by atoms with Gasteiger partial charge in [0, 0.05) is 23.4 Å². The number of aromatic nitrogens is 2. The van der Waals surface area contributed by atoms with Crippen LogP contribution in [0.25, 0.3) is 10.6 Å². The number of rotatable bonds is 5. The highest BCUT2D eigenvalue weighted by Crippen LogP contribution is 2.23. The normalized spacial score (nSPS) is 10.7. The number of carbonyl (C=O) groups excluding carboxylic acids is 1. The van der Waals surface area contributed by atoms with Gasteiger partial charge in [-0.2, -0.15) is 0 Å². The minimum Gasteiger partial charge on any atom is -0.339 e. The summed E-state index contributed by atoms with van der Waals surface area (Å²) in [6.07, 6.45) is 0.344. The molecular formula is C17H17N3OS2. The third-order valence-corrected chi connectivity index (χ3v) is 5.16. The van der Waals surface area contributed by atoms with Crippen molar-refractivity contribution < 1.29 is 4.79 Å². The van der Waals surface area contributed by atoms with Crippen LogP contribution < -0.4 is 0 Å². The van der Waals surface area contributed by atoms with Crippen LogP contribution in [-0.2, 0) is 17.8 Å². The molecule has 0 spiro atoms. The predicted molar refractivity (Wildman–Crippen MR) is 94.6 cm³/mol. The van der Waals surface area contributed by atoms with E-state index in [1.165, 1.54) is 0 Å². The number of thiazole rings is 2. The van der Waals surface area contributed by atoms with E-state index in [9.17, 15) is 4.79 Å². The van der Waals surface area contributed by atoms with Crippen LogP contribution in [0, 0.1) is 6.92 Å². The molecule has 0 fully saturated rings. The molecule has 0 aliphatic heterocycles. The largest absolute Gasteiger partial charge is 0.339 e. The molecule has 0 aliphatic carbocycles. The Kier molecular flexibility index (Phi) is 4.83. The van der Waals surface area contributed by atoms with E-state index < -0.39 is 0 Å². The van der Waals surface area contributed by atoms with Crippen LogP contribution in [-0.4, -0.2) is 27.8 Å². The molecule has 1 amide bonds. The number of carbonyl (C=O) groups is 1. The van der Waals surface area contributed by atoms with Gasteiger partial charge in [-0.1, -0.05) is 30.3 Å². The second-order valence-electron chi connectivity index (χ2n) is 5.29. The quantitative estimate of drug-likeness (QED) is 0.708. The molecule has 0 N–H and O–H groups in total. The average Bonchev–Trinajstić information content (AvgIpc) is 3.17. The van der Waals surface area contributed by atoms with Crippen molar-refractivity contribution in [1.29, 1.82) is 0 Å². The zero-order valence-electron chi connectivity index (χ0n) is 13.0. The second-order valence-corrected chi connectivity index (χ2v) is 7.21. The molecule has 4 nitrogen and oxygen atoms in total. The lowest BCUT2D eigenvalue weighted by Crippen LogP contribution is -2.27. The van der Waals surface area contributed by atoms with E-state index >= 15 is 0 Å². The van der Waals surface area contributed by atoms with E-state index in [-0.39, 0.29) is 5.91 Å². The third kappa shape index (κ3) is 4.03. The molecule has 0 saturated heterocycles. The van der Waals surface area contributed by atoms with Gasteiger partial charge in [-0.05, 0) is 6.92 Å². The Morgan fingerprint density at radius 2 is 1.83 bits per heavy atom. The van der Waals surface area contributed by atoms with E-state index in [4.69, 9.17) is 0 Å². The Hall–Kier alpha value is -2.05. The van der Waals surface area contributed by atoms with Crippen molar-refractivity contribution in [3.63, 3.8) is 0 Å². The molecule has 6 heteroatoms. The highest BCUT2D eigenvalue weighted by molar-refractivity contribution is 7.13. The van der Waals surface area contributed by atoms with Gasteiger partial charge in [0.15, 0.2) is 0 Å². The Bertz CT molecular complexity index is 795. The minimum absolute atomic E-state index is 0.0598. The first kappa shape index (κ1) is 15.8. The van der Waals surface area contributed by atoms with Gasteiger partial charge in [0.05, 0.1) is 29.4 Å². The molecule has 0 radical (unpaired) electrons. The van der Waals surface area contributed by atoms with Gasteiger partial charge in [-0.3, -0.25) is 4.79 Å². The second kappa shape index (κ2) is 7.02. The van der Waals surface area contributed by atoms with Crippen molar-refractivity contribution in [1.82, 2.24) is 14.9 Å². The predicted octanol–water partition coefficient (Wildman–Crippen LogP) is 3.78. The number of benzene rings is 1. The Morgan fingerprint density at radius 1 is 1.09 bits per heavy atom. The minimum atomic E-state index is 0.0598. The zero-order chi connectivity index (χ0) is 16.2. The molecular weight excluding hydrogens is 326 g/mol. The first-order valence-electron chi connectivity index (χ1n) is 7.26. The molecule has 0 bridgehead atoms. The Balaban J connectivity index is 1.62. The van der Waals surface area contributed by atoms with Gasteiger partial charge in [-0.25, -0.2) is 9.97 Å². The van der Waals surface area contributed by atoms with Crippen molar-refractivity contribution in [3.05, 3.63) is 57.5 Å². The van der Waals surface area contributed by atoms with E-state index in [1.54, 1.807) is 27.6 Å². The van der Waals surface area contributed by atoms with Gasteiger partial charge in [0.1, 0.15) is 5.01 Å². The monoisotopic (exact) mass is 343 g/mol. The lowest BCUT2D eigenvalue weighted by molar-refractivity contribution is -0.129. The molecule has 2 heterocycles. The third-order valence-electron chi connectivity index (χ3n) is 3.40. The zero-order valence-corrected chi connectivity index (χ0v) is 14.7. The SMILES string of the molecule is Cc1nc(CC(=O)N(C)Cc2csc(-c3ccccc3)n2)cs1. The lowest BCUT2D eigenvalue weighted by atomic mass is 10.2. The van der Waals surface area contributed by atoms with Crippen molar-refractivity contribution in [2.75, 3.05) is 7.05 Å². The van der Waals surface area contributed by atoms with Crippen molar-refractivity contribution in [2.45, 2.75) is 19.9 Å². The number of likely N-dealkylation sites (N-methyl/N-ethyl adjacent to an activating group) is 1. The number of nitrogens with zero attached hydrogens (tertiary/aromatic N) is 3. The summed E-state index contributed by atoms with van der Waals surface area (Å²) in [6, 6.07) is 10.1. The molecule has 1 aromatic carbocycles. The highest BCUT2D eigenvalue weighted by Gasteiger charge is 2.14. The fourth-order valence-corrected chi connectivity index (χ4v) is 3.63. The smallest absolute Gasteiger partial charge is 0.228 e. The number of hydrogen-bond acceptors (Lipinski definition) is 5. The van der Waals surface area contributed by atoms with Crippen LogP contribution in [0.1, 0.15) is 16.4 Å². The van der Waals surface area contributed by atoms with Crippen LogP contribution in [0.5, 0.6) is 0 Å². The molecule has 0 atom stereocenters. The molecule has 118 valence electrons. The van der Waals surface area contributed by atoms with Crippen molar-refractivity contribution >= 4 is 28.6 Å². The van der Waals surface area contributed by atoms with Gasteiger partial charge in [0.25, 0.3) is 0 Å². The van der Waals surface area contributed by atoms with E-state index in [2.05, 4.69) is 9.97 Å². The fraction of sp³-hybridized carbons (Fsp3) is 0.235. The summed E-state index contributed by atoms with van der Waals surface area (Å²) in [5.74, 6) is 0.0598. The molecule has 0 saturated carbocycles. The number of amides is 1. The van der Waals surface area contributed by atoms with Crippen LogP contribution in [0.4, 0.5) is 0 Å². The maximum Gasteiger partial charge on any atom is 0.228 e. The van der Waals surface area contributed by atoms with Crippen molar-refractivity contribution in [2.24, 2.45) is 0 Å². The summed E-state index contributed by atoms with van der Waals surface area (Å²) in [4.78, 5) is 22.9. The molecule has 3 rings (SSSR count). The summed E-state index contributed by atoms with van der Waals surface area (Å²) < 4.78 is 0. The van der Waals surface area contributed by atoms with Crippen LogP contribution in [0.3, 0.4) is 0 Å². The summed E-state index contributed by atoms with van der Waals surface area (Å²) in [7, 11) is 1.81. The molecule has 2 aromatic heterocycles.